The summed E-state index contributed by atoms with van der Waals surface area (Å²) in [7, 11) is 2.17. The van der Waals surface area contributed by atoms with E-state index in [9.17, 15) is 0 Å². The molecule has 4 N–H and O–H groups in total. The first kappa shape index (κ1) is 18.4. The van der Waals surface area contributed by atoms with Crippen LogP contribution in [0.1, 0.15) is 31.4 Å². The van der Waals surface area contributed by atoms with E-state index in [1.165, 1.54) is 0 Å². The van der Waals surface area contributed by atoms with Crippen molar-refractivity contribution in [3.63, 3.8) is 0 Å². The van der Waals surface area contributed by atoms with Crippen LogP contribution in [0.4, 0.5) is 5.82 Å². The number of anilines is 1. The van der Waals surface area contributed by atoms with Gasteiger partial charge in [0.1, 0.15) is 5.82 Å². The Balaban J connectivity index is 1.51. The van der Waals surface area contributed by atoms with Crippen molar-refractivity contribution in [3.05, 3.63) is 30.1 Å². The molecule has 3 fully saturated rings. The lowest BCUT2D eigenvalue weighted by molar-refractivity contribution is 0.247. The van der Waals surface area contributed by atoms with Gasteiger partial charge in [-0.1, -0.05) is 6.07 Å². The first-order chi connectivity index (χ1) is 13.1. The van der Waals surface area contributed by atoms with Crippen molar-refractivity contribution in [3.8, 4) is 0 Å². The Morgan fingerprint density at radius 3 is 2.67 bits per heavy atom. The molecule has 1 aromatic heterocycles. The highest BCUT2D eigenvalue weighted by Gasteiger charge is 2.31. The minimum Gasteiger partial charge on any atom is -0.388 e. The molecule has 3 aliphatic rings. The third kappa shape index (κ3) is 4.33. The lowest BCUT2D eigenvalue weighted by Gasteiger charge is -2.35. The van der Waals surface area contributed by atoms with Crippen LogP contribution in [-0.4, -0.2) is 61.4 Å². The molecular formula is C21H32N6. The zero-order chi connectivity index (χ0) is 18.8. The van der Waals surface area contributed by atoms with E-state index >= 15 is 0 Å². The van der Waals surface area contributed by atoms with Crippen molar-refractivity contribution in [2.75, 3.05) is 44.7 Å². The first-order valence-corrected chi connectivity index (χ1v) is 10.3. The second-order valence-corrected chi connectivity index (χ2v) is 8.35. The lowest BCUT2D eigenvalue weighted by atomic mass is 9.80. The summed E-state index contributed by atoms with van der Waals surface area (Å²) in [5.74, 6) is 2.09. The third-order valence-electron chi connectivity index (χ3n) is 6.15. The summed E-state index contributed by atoms with van der Waals surface area (Å²) in [6.07, 6.45) is 6.58. The number of likely N-dealkylation sites (N-methyl/N-ethyl adjacent to an activating group) is 1. The van der Waals surface area contributed by atoms with Crippen molar-refractivity contribution < 1.29 is 0 Å². The SMILES string of the molecule is CN1CCN(c2cccc(/C(=C/NC3CC(CN)C3)C(=N)C3CC3)n2)CC1. The van der Waals surface area contributed by atoms with Gasteiger partial charge in [-0.25, -0.2) is 4.98 Å². The number of nitrogens with zero attached hydrogens (tertiary/aromatic N) is 3. The first-order valence-electron chi connectivity index (χ1n) is 10.3. The highest BCUT2D eigenvalue weighted by atomic mass is 15.3. The van der Waals surface area contributed by atoms with Crippen molar-refractivity contribution in [1.29, 1.82) is 5.41 Å². The van der Waals surface area contributed by atoms with Crippen LogP contribution in [0.25, 0.3) is 5.57 Å². The molecule has 0 spiro atoms. The number of rotatable bonds is 7. The molecule has 0 atom stereocenters. The van der Waals surface area contributed by atoms with Crippen LogP contribution in [0.3, 0.4) is 0 Å². The molecule has 1 aromatic rings. The molecule has 0 bridgehead atoms. The molecule has 6 heteroatoms. The number of piperazine rings is 1. The number of nitrogens with one attached hydrogen (secondary N) is 2. The molecule has 0 aromatic carbocycles. The largest absolute Gasteiger partial charge is 0.388 e. The summed E-state index contributed by atoms with van der Waals surface area (Å²) in [4.78, 5) is 9.65. The van der Waals surface area contributed by atoms with Gasteiger partial charge in [0, 0.05) is 55.6 Å². The van der Waals surface area contributed by atoms with Gasteiger partial charge in [0.15, 0.2) is 0 Å². The number of aromatic nitrogens is 1. The molecule has 0 unspecified atom stereocenters. The molecule has 146 valence electrons. The molecule has 0 radical (unpaired) electrons. The Bertz CT molecular complexity index is 696. The molecule has 2 aliphatic carbocycles. The number of pyridine rings is 1. The minimum atomic E-state index is 0.408. The van der Waals surface area contributed by atoms with E-state index in [0.29, 0.717) is 17.9 Å². The van der Waals surface area contributed by atoms with Gasteiger partial charge in [-0.15, -0.1) is 0 Å². The van der Waals surface area contributed by atoms with Gasteiger partial charge in [-0.3, -0.25) is 0 Å². The molecule has 0 amide bonds. The van der Waals surface area contributed by atoms with Crippen LogP contribution < -0.4 is 16.0 Å². The number of hydrogen-bond donors (Lipinski definition) is 3. The van der Waals surface area contributed by atoms with E-state index in [-0.39, 0.29) is 0 Å². The second kappa shape index (κ2) is 7.98. The minimum absolute atomic E-state index is 0.408. The fourth-order valence-electron chi connectivity index (χ4n) is 3.93. The van der Waals surface area contributed by atoms with Crippen LogP contribution in [0.15, 0.2) is 24.4 Å². The predicted molar refractivity (Wildman–Crippen MR) is 111 cm³/mol. The summed E-state index contributed by atoms with van der Waals surface area (Å²) in [6.45, 7) is 4.93. The zero-order valence-corrected chi connectivity index (χ0v) is 16.3. The number of allylic oxidation sites excluding steroid dienone is 1. The molecule has 4 rings (SSSR count). The molecule has 27 heavy (non-hydrogen) atoms. The highest BCUT2D eigenvalue weighted by Crippen LogP contribution is 2.35. The van der Waals surface area contributed by atoms with Gasteiger partial charge in [-0.2, -0.15) is 0 Å². The lowest BCUT2D eigenvalue weighted by Crippen LogP contribution is -2.44. The summed E-state index contributed by atoms with van der Waals surface area (Å²) in [6, 6.07) is 6.71. The fraction of sp³-hybridized carbons (Fsp3) is 0.619. The summed E-state index contributed by atoms with van der Waals surface area (Å²) < 4.78 is 0. The average molecular weight is 369 g/mol. The molecule has 2 heterocycles. The van der Waals surface area contributed by atoms with E-state index in [1.807, 2.05) is 12.3 Å². The van der Waals surface area contributed by atoms with Crippen molar-refractivity contribution in [1.82, 2.24) is 15.2 Å². The molecule has 6 nitrogen and oxygen atoms in total. The van der Waals surface area contributed by atoms with Gasteiger partial charge in [0.05, 0.1) is 5.69 Å². The summed E-state index contributed by atoms with van der Waals surface area (Å²) in [5, 5.41) is 12.2. The van der Waals surface area contributed by atoms with Gasteiger partial charge in [-0.05, 0) is 57.3 Å². The van der Waals surface area contributed by atoms with Gasteiger partial charge in [0.25, 0.3) is 0 Å². The van der Waals surface area contributed by atoms with Crippen molar-refractivity contribution >= 4 is 17.1 Å². The maximum atomic E-state index is 8.65. The van der Waals surface area contributed by atoms with E-state index in [0.717, 1.165) is 81.2 Å². The third-order valence-corrected chi connectivity index (χ3v) is 6.15. The van der Waals surface area contributed by atoms with Crippen molar-refractivity contribution in [2.45, 2.75) is 31.7 Å². The quantitative estimate of drug-likeness (QED) is 0.641. The van der Waals surface area contributed by atoms with Gasteiger partial charge >= 0.3 is 0 Å². The Morgan fingerprint density at radius 2 is 2.00 bits per heavy atom. The average Bonchev–Trinajstić information content (AvgIpc) is 3.49. The Morgan fingerprint density at radius 1 is 1.26 bits per heavy atom. The second-order valence-electron chi connectivity index (χ2n) is 8.35. The van der Waals surface area contributed by atoms with Gasteiger partial charge in [0.2, 0.25) is 0 Å². The number of hydrogen-bond acceptors (Lipinski definition) is 6. The van der Waals surface area contributed by atoms with Crippen molar-refractivity contribution in [2.24, 2.45) is 17.6 Å². The Labute approximate surface area is 162 Å². The van der Waals surface area contributed by atoms with E-state index in [1.54, 1.807) is 0 Å². The number of nitrogens with two attached hydrogens (primary N) is 1. The normalized spacial score (nSPS) is 26.6. The predicted octanol–water partition coefficient (Wildman–Crippen LogP) is 1.93. The summed E-state index contributed by atoms with van der Waals surface area (Å²) in [5.41, 5.74) is 8.36. The van der Waals surface area contributed by atoms with E-state index < -0.39 is 0 Å². The zero-order valence-electron chi connectivity index (χ0n) is 16.3. The van der Waals surface area contributed by atoms with Crippen LogP contribution in [-0.2, 0) is 0 Å². The maximum absolute atomic E-state index is 8.65. The Hall–Kier alpha value is -1.92. The van der Waals surface area contributed by atoms with Crippen LogP contribution >= 0.6 is 0 Å². The van der Waals surface area contributed by atoms with Gasteiger partial charge < -0.3 is 26.3 Å². The van der Waals surface area contributed by atoms with Crippen LogP contribution in [0, 0.1) is 17.2 Å². The monoisotopic (exact) mass is 368 g/mol. The molecular weight excluding hydrogens is 336 g/mol. The Kier molecular flexibility index (Phi) is 5.45. The topological polar surface area (TPSA) is 81.3 Å². The molecule has 1 saturated heterocycles. The molecule has 2 saturated carbocycles. The highest BCUT2D eigenvalue weighted by molar-refractivity contribution is 6.23. The van der Waals surface area contributed by atoms with Crippen LogP contribution in [0.2, 0.25) is 0 Å². The van der Waals surface area contributed by atoms with E-state index in [4.69, 9.17) is 16.1 Å². The fourth-order valence-corrected chi connectivity index (χ4v) is 3.93. The molecule has 1 aliphatic heterocycles. The smallest absolute Gasteiger partial charge is 0.129 e. The standard InChI is InChI=1S/C21H32N6/c1-26-7-9-27(10-8-26)20-4-2-3-19(25-20)18(21(23)16-5-6-16)14-24-17-11-15(12-17)13-22/h2-4,14-17,23-24H,5-13,22H2,1H3/b18-14-,23-21?. The maximum Gasteiger partial charge on any atom is 0.129 e. The van der Waals surface area contributed by atoms with E-state index in [2.05, 4.69) is 34.3 Å². The summed E-state index contributed by atoms with van der Waals surface area (Å²) >= 11 is 0. The van der Waals surface area contributed by atoms with Crippen LogP contribution in [0.5, 0.6) is 0 Å².